The summed E-state index contributed by atoms with van der Waals surface area (Å²) in [5.74, 6) is 1.88. The summed E-state index contributed by atoms with van der Waals surface area (Å²) in [7, 11) is 0. The second-order valence-corrected chi connectivity index (χ2v) is 8.53. The first-order valence-corrected chi connectivity index (χ1v) is 11.7. The Kier molecular flexibility index (Phi) is 19.3. The van der Waals surface area contributed by atoms with Gasteiger partial charge in [0.1, 0.15) is 0 Å². The van der Waals surface area contributed by atoms with Crippen LogP contribution in [0.2, 0.25) is 0 Å². The van der Waals surface area contributed by atoms with Gasteiger partial charge in [-0.25, -0.2) is 0 Å². The maximum Gasteiger partial charge on any atom is -0.0391 e. The zero-order valence-electron chi connectivity index (χ0n) is 17.9. The van der Waals surface area contributed by atoms with E-state index >= 15 is 0 Å². The SMILES string of the molecule is CCCCCCCCCCC(CCCCCCCCCC)C(C)C. The smallest absolute Gasteiger partial charge is 0.0391 e. The second kappa shape index (κ2) is 19.3. The van der Waals surface area contributed by atoms with Crippen molar-refractivity contribution in [3.8, 4) is 0 Å². The Morgan fingerprint density at radius 3 is 1.00 bits per heavy atom. The van der Waals surface area contributed by atoms with Gasteiger partial charge >= 0.3 is 0 Å². The summed E-state index contributed by atoms with van der Waals surface area (Å²) in [6, 6.07) is 0. The highest BCUT2D eigenvalue weighted by molar-refractivity contribution is 4.64. The van der Waals surface area contributed by atoms with Crippen molar-refractivity contribution in [3.63, 3.8) is 0 Å². The summed E-state index contributed by atoms with van der Waals surface area (Å²) >= 11 is 0. The molecule has 0 saturated carbocycles. The lowest BCUT2D eigenvalue weighted by atomic mass is 9.85. The Hall–Kier alpha value is 0. The summed E-state index contributed by atoms with van der Waals surface area (Å²) in [6.07, 6.45) is 26.3. The summed E-state index contributed by atoms with van der Waals surface area (Å²) < 4.78 is 0. The van der Waals surface area contributed by atoms with E-state index in [-0.39, 0.29) is 0 Å². The van der Waals surface area contributed by atoms with E-state index in [1.807, 2.05) is 0 Å². The maximum atomic E-state index is 2.44. The molecule has 0 N–H and O–H groups in total. The monoisotopic (exact) mass is 338 g/mol. The van der Waals surface area contributed by atoms with Crippen LogP contribution < -0.4 is 0 Å². The molecule has 0 radical (unpaired) electrons. The number of rotatable bonds is 19. The van der Waals surface area contributed by atoms with Gasteiger partial charge in [0.2, 0.25) is 0 Å². The van der Waals surface area contributed by atoms with Crippen LogP contribution >= 0.6 is 0 Å². The lowest BCUT2D eigenvalue weighted by molar-refractivity contribution is 0.312. The molecular formula is C24H50. The van der Waals surface area contributed by atoms with Gasteiger partial charge in [0.05, 0.1) is 0 Å². The molecule has 0 heterocycles. The van der Waals surface area contributed by atoms with Crippen LogP contribution in [0.5, 0.6) is 0 Å². The van der Waals surface area contributed by atoms with Crippen molar-refractivity contribution in [2.75, 3.05) is 0 Å². The van der Waals surface area contributed by atoms with E-state index in [0.29, 0.717) is 0 Å². The van der Waals surface area contributed by atoms with E-state index in [1.165, 1.54) is 116 Å². The van der Waals surface area contributed by atoms with Crippen molar-refractivity contribution >= 4 is 0 Å². The molecule has 0 aromatic carbocycles. The Bertz CT molecular complexity index is 198. The first-order chi connectivity index (χ1) is 11.7. The molecule has 0 aromatic rings. The maximum absolute atomic E-state index is 2.44. The van der Waals surface area contributed by atoms with Crippen molar-refractivity contribution in [2.45, 2.75) is 143 Å². The van der Waals surface area contributed by atoms with Gasteiger partial charge in [0.15, 0.2) is 0 Å². The predicted molar refractivity (Wildman–Crippen MR) is 113 cm³/mol. The third-order valence-corrected chi connectivity index (χ3v) is 5.80. The summed E-state index contributed by atoms with van der Waals surface area (Å²) in [5.41, 5.74) is 0. The van der Waals surface area contributed by atoms with Crippen LogP contribution in [-0.2, 0) is 0 Å². The van der Waals surface area contributed by atoms with Gasteiger partial charge in [-0.3, -0.25) is 0 Å². The van der Waals surface area contributed by atoms with Crippen LogP contribution in [-0.4, -0.2) is 0 Å². The second-order valence-electron chi connectivity index (χ2n) is 8.53. The Labute approximate surface area is 155 Å². The molecule has 24 heavy (non-hydrogen) atoms. The Morgan fingerprint density at radius 2 is 0.708 bits per heavy atom. The molecule has 0 bridgehead atoms. The zero-order valence-corrected chi connectivity index (χ0v) is 17.9. The molecule has 0 spiro atoms. The fraction of sp³-hybridized carbons (Fsp3) is 1.00. The molecule has 0 nitrogen and oxygen atoms in total. The molecule has 0 unspecified atom stereocenters. The molecule has 0 fully saturated rings. The van der Waals surface area contributed by atoms with Gasteiger partial charge < -0.3 is 0 Å². The van der Waals surface area contributed by atoms with Gasteiger partial charge in [-0.05, 0) is 11.8 Å². The summed E-state index contributed by atoms with van der Waals surface area (Å²) in [6.45, 7) is 9.50. The van der Waals surface area contributed by atoms with E-state index in [4.69, 9.17) is 0 Å². The van der Waals surface area contributed by atoms with Gasteiger partial charge in [0.25, 0.3) is 0 Å². The highest BCUT2D eigenvalue weighted by atomic mass is 14.2. The minimum atomic E-state index is 0.888. The highest BCUT2D eigenvalue weighted by Gasteiger charge is 2.12. The van der Waals surface area contributed by atoms with Crippen LogP contribution in [0.1, 0.15) is 143 Å². The van der Waals surface area contributed by atoms with Crippen molar-refractivity contribution in [2.24, 2.45) is 11.8 Å². The van der Waals surface area contributed by atoms with Gasteiger partial charge in [-0.1, -0.05) is 143 Å². The quantitative estimate of drug-likeness (QED) is 0.206. The Morgan fingerprint density at radius 1 is 0.417 bits per heavy atom. The van der Waals surface area contributed by atoms with Gasteiger partial charge in [0, 0.05) is 0 Å². The van der Waals surface area contributed by atoms with E-state index in [9.17, 15) is 0 Å². The number of hydrogen-bond acceptors (Lipinski definition) is 0. The minimum Gasteiger partial charge on any atom is -0.0654 e. The third kappa shape index (κ3) is 16.8. The number of hydrogen-bond donors (Lipinski definition) is 0. The molecule has 0 aliphatic carbocycles. The topological polar surface area (TPSA) is 0 Å². The van der Waals surface area contributed by atoms with Crippen molar-refractivity contribution in [1.29, 1.82) is 0 Å². The normalized spacial score (nSPS) is 11.8. The average molecular weight is 339 g/mol. The Balaban J connectivity index is 3.47. The molecule has 146 valence electrons. The molecule has 0 aliphatic rings. The van der Waals surface area contributed by atoms with Crippen LogP contribution in [0.4, 0.5) is 0 Å². The first kappa shape index (κ1) is 24.0. The molecule has 0 aliphatic heterocycles. The lowest BCUT2D eigenvalue weighted by Crippen LogP contribution is -2.08. The van der Waals surface area contributed by atoms with Gasteiger partial charge in [-0.15, -0.1) is 0 Å². The van der Waals surface area contributed by atoms with E-state index in [1.54, 1.807) is 0 Å². The van der Waals surface area contributed by atoms with Crippen LogP contribution in [0.25, 0.3) is 0 Å². The largest absolute Gasteiger partial charge is 0.0654 e. The summed E-state index contributed by atoms with van der Waals surface area (Å²) in [4.78, 5) is 0. The predicted octanol–water partition coefficient (Wildman–Crippen LogP) is 9.32. The van der Waals surface area contributed by atoms with Crippen LogP contribution in [0.3, 0.4) is 0 Å². The highest BCUT2D eigenvalue weighted by Crippen LogP contribution is 2.25. The standard InChI is InChI=1S/C24H50/c1-5-7-9-11-13-15-17-19-21-24(23(3)4)22-20-18-16-14-12-10-8-6-2/h23-24H,5-22H2,1-4H3. The molecule has 0 atom stereocenters. The van der Waals surface area contributed by atoms with E-state index in [0.717, 1.165) is 11.8 Å². The molecule has 0 aromatic heterocycles. The van der Waals surface area contributed by atoms with Crippen molar-refractivity contribution in [3.05, 3.63) is 0 Å². The lowest BCUT2D eigenvalue weighted by Gasteiger charge is -2.20. The fourth-order valence-corrected chi connectivity index (χ4v) is 3.89. The zero-order chi connectivity index (χ0) is 17.9. The van der Waals surface area contributed by atoms with Gasteiger partial charge in [-0.2, -0.15) is 0 Å². The molecule has 0 saturated heterocycles. The molecule has 0 amide bonds. The fourth-order valence-electron chi connectivity index (χ4n) is 3.89. The molecule has 0 heteroatoms. The molecular weight excluding hydrogens is 288 g/mol. The van der Waals surface area contributed by atoms with E-state index in [2.05, 4.69) is 27.7 Å². The van der Waals surface area contributed by atoms with Crippen molar-refractivity contribution in [1.82, 2.24) is 0 Å². The summed E-state index contributed by atoms with van der Waals surface area (Å²) in [5, 5.41) is 0. The molecule has 0 rings (SSSR count). The van der Waals surface area contributed by atoms with Crippen LogP contribution in [0.15, 0.2) is 0 Å². The minimum absolute atomic E-state index is 0.888. The first-order valence-electron chi connectivity index (χ1n) is 11.7. The number of unbranched alkanes of at least 4 members (excludes halogenated alkanes) is 14. The van der Waals surface area contributed by atoms with Crippen LogP contribution in [0, 0.1) is 11.8 Å². The average Bonchev–Trinajstić information content (AvgIpc) is 2.57. The third-order valence-electron chi connectivity index (χ3n) is 5.80. The van der Waals surface area contributed by atoms with Crippen molar-refractivity contribution < 1.29 is 0 Å². The van der Waals surface area contributed by atoms with E-state index < -0.39 is 0 Å².